The minimum absolute atomic E-state index is 0.597. The lowest BCUT2D eigenvalue weighted by Gasteiger charge is -2.04. The molecule has 0 aromatic carbocycles. The molecule has 0 bridgehead atoms. The van der Waals surface area contributed by atoms with Crippen molar-refractivity contribution in [2.24, 2.45) is 0 Å². The van der Waals surface area contributed by atoms with Crippen molar-refractivity contribution in [3.63, 3.8) is 0 Å². The third-order valence-corrected chi connectivity index (χ3v) is 2.07. The maximum atomic E-state index is 10.6. The summed E-state index contributed by atoms with van der Waals surface area (Å²) in [5, 5.41) is 0. The van der Waals surface area contributed by atoms with Crippen LogP contribution in [0.5, 0.6) is 0 Å². The average molecular weight is 166 g/mol. The van der Waals surface area contributed by atoms with Gasteiger partial charge in [0.2, 0.25) is 0 Å². The second-order valence-electron chi connectivity index (χ2n) is 1.55. The molecule has 0 aliphatic rings. The normalized spacial score (nSPS) is 15.5. The molecule has 5 nitrogen and oxygen atoms in total. The molecule has 1 N–H and O–H groups in total. The van der Waals surface area contributed by atoms with Crippen LogP contribution in [0, 0.1) is 0 Å². The van der Waals surface area contributed by atoms with Crippen LogP contribution in [0.4, 0.5) is 4.79 Å². The second-order valence-corrected chi connectivity index (χ2v) is 3.51. The van der Waals surface area contributed by atoms with Crippen molar-refractivity contribution in [1.29, 1.82) is 0 Å². The molecule has 0 saturated heterocycles. The first-order valence-electron chi connectivity index (χ1n) is 2.46. The molecular formula is C3H8BO5P. The fourth-order valence-electron chi connectivity index (χ4n) is 0.292. The third-order valence-electron chi connectivity index (χ3n) is 0.842. The summed E-state index contributed by atoms with van der Waals surface area (Å²) in [5.74, 6) is -0.757. The Bertz CT molecular complexity index is 168. The number of carbonyl (C=O) groups is 1. The van der Waals surface area contributed by atoms with Crippen LogP contribution in [0.1, 0.15) is 0 Å². The summed E-state index contributed by atoms with van der Waals surface area (Å²) in [6.07, 6.45) is 0. The van der Waals surface area contributed by atoms with E-state index in [4.69, 9.17) is 4.89 Å². The van der Waals surface area contributed by atoms with Crippen molar-refractivity contribution < 1.29 is 23.5 Å². The summed E-state index contributed by atoms with van der Waals surface area (Å²) in [6.45, 7) is -0.597. The lowest BCUT2D eigenvalue weighted by molar-refractivity contribution is 0.198. The summed E-state index contributed by atoms with van der Waals surface area (Å²) < 4.78 is 18.8. The van der Waals surface area contributed by atoms with E-state index in [1.807, 2.05) is 0 Å². The molecule has 0 aromatic heterocycles. The molecule has 0 aliphatic heterocycles. The molecule has 0 aliphatic carbocycles. The Morgan fingerprint density at radius 1 is 1.60 bits per heavy atom. The molecule has 1 unspecified atom stereocenters. The number of hydrogen-bond donors (Lipinski definition) is 1. The molecule has 0 radical (unpaired) electrons. The van der Waals surface area contributed by atoms with Gasteiger partial charge in [0.05, 0.1) is 7.11 Å². The van der Waals surface area contributed by atoms with Gasteiger partial charge < -0.3 is 14.2 Å². The number of ether oxygens (including phenoxy) is 1. The van der Waals surface area contributed by atoms with Crippen LogP contribution in [0.25, 0.3) is 0 Å². The van der Waals surface area contributed by atoms with E-state index in [0.717, 1.165) is 14.2 Å². The van der Waals surface area contributed by atoms with Crippen molar-refractivity contribution in [2.75, 3.05) is 14.2 Å². The van der Waals surface area contributed by atoms with Gasteiger partial charge in [0.25, 0.3) is 13.3 Å². The highest BCUT2D eigenvalue weighted by Gasteiger charge is 2.25. The fourth-order valence-corrected chi connectivity index (χ4v) is 0.877. The van der Waals surface area contributed by atoms with Crippen LogP contribution in [0.15, 0.2) is 0 Å². The topological polar surface area (TPSA) is 72.8 Å². The van der Waals surface area contributed by atoms with Crippen LogP contribution in [0.2, 0.25) is 0 Å². The Balaban J connectivity index is 3.89. The maximum Gasteiger partial charge on any atom is 0.401 e. The molecular weight excluding hydrogens is 158 g/mol. The summed E-state index contributed by atoms with van der Waals surface area (Å²) in [5.41, 5.74) is 0. The number of rotatable bonds is 3. The molecule has 58 valence electrons. The first-order valence-corrected chi connectivity index (χ1v) is 4.22. The van der Waals surface area contributed by atoms with Gasteiger partial charge in [-0.25, -0.2) is 0 Å². The predicted molar refractivity (Wildman–Crippen MR) is 36.4 cm³/mol. The van der Waals surface area contributed by atoms with E-state index in [-0.39, 0.29) is 0 Å². The Labute approximate surface area is 59.1 Å². The molecule has 0 spiro atoms. The van der Waals surface area contributed by atoms with Crippen LogP contribution in [-0.4, -0.2) is 32.0 Å². The summed E-state index contributed by atoms with van der Waals surface area (Å²) in [6, 6.07) is 0. The molecule has 7 heteroatoms. The summed E-state index contributed by atoms with van der Waals surface area (Å²) in [4.78, 5) is 19.0. The Morgan fingerprint density at radius 2 is 2.10 bits per heavy atom. The van der Waals surface area contributed by atoms with Gasteiger partial charge in [-0.15, -0.1) is 0 Å². The molecule has 0 saturated carbocycles. The first kappa shape index (κ1) is 9.68. The van der Waals surface area contributed by atoms with Gasteiger partial charge in [0.15, 0.2) is 0 Å². The van der Waals surface area contributed by atoms with E-state index in [9.17, 15) is 9.36 Å². The van der Waals surface area contributed by atoms with Crippen LogP contribution >= 0.6 is 7.47 Å². The maximum absolute atomic E-state index is 10.6. The smallest absolute Gasteiger partial charge is 0.401 e. The SMILES string of the molecule is COC(=O)BP(=O)(O)OC. The minimum Gasteiger partial charge on any atom is -0.477 e. The van der Waals surface area contributed by atoms with Gasteiger partial charge in [-0.2, -0.15) is 0 Å². The number of hydrogen-bond acceptors (Lipinski definition) is 4. The van der Waals surface area contributed by atoms with Gasteiger partial charge in [0.1, 0.15) is 0 Å². The molecule has 10 heavy (non-hydrogen) atoms. The fraction of sp³-hybridized carbons (Fsp3) is 0.667. The van der Waals surface area contributed by atoms with E-state index in [1.165, 1.54) is 0 Å². The zero-order valence-electron chi connectivity index (χ0n) is 5.73. The van der Waals surface area contributed by atoms with E-state index >= 15 is 0 Å². The standard InChI is InChI=1S/C3H8BO5P/c1-8-3(5)4-10(6,7)9-2/h4H,1-2H3,(H,6,7). The highest BCUT2D eigenvalue weighted by Crippen LogP contribution is 2.38. The van der Waals surface area contributed by atoms with E-state index in [0.29, 0.717) is 0 Å². The Kier molecular flexibility index (Phi) is 3.64. The Morgan fingerprint density at radius 3 is 2.40 bits per heavy atom. The number of methoxy groups -OCH3 is 1. The highest BCUT2D eigenvalue weighted by atomic mass is 31.2. The van der Waals surface area contributed by atoms with Crippen molar-refractivity contribution in [3.8, 4) is 0 Å². The molecule has 0 rings (SSSR count). The third kappa shape index (κ3) is 3.66. The van der Waals surface area contributed by atoms with E-state index in [2.05, 4.69) is 9.26 Å². The van der Waals surface area contributed by atoms with Gasteiger partial charge in [0, 0.05) is 7.11 Å². The lowest BCUT2D eigenvalue weighted by atomic mass is 10.1. The van der Waals surface area contributed by atoms with Gasteiger partial charge in [-0.3, -0.25) is 9.36 Å². The largest absolute Gasteiger partial charge is 0.477 e. The second kappa shape index (κ2) is 3.76. The minimum atomic E-state index is -3.72. The van der Waals surface area contributed by atoms with Crippen molar-refractivity contribution >= 4 is 20.3 Å². The molecule has 0 amide bonds. The van der Waals surface area contributed by atoms with Gasteiger partial charge >= 0.3 is 7.00 Å². The van der Waals surface area contributed by atoms with E-state index in [1.54, 1.807) is 0 Å². The lowest BCUT2D eigenvalue weighted by Crippen LogP contribution is -2.10. The van der Waals surface area contributed by atoms with E-state index < -0.39 is 20.3 Å². The molecule has 1 atom stereocenters. The van der Waals surface area contributed by atoms with Crippen molar-refractivity contribution in [2.45, 2.75) is 0 Å². The van der Waals surface area contributed by atoms with Crippen LogP contribution < -0.4 is 0 Å². The van der Waals surface area contributed by atoms with Gasteiger partial charge in [-0.05, 0) is 0 Å². The monoisotopic (exact) mass is 166 g/mol. The molecule has 0 aromatic rings. The first-order chi connectivity index (χ1) is 4.52. The highest BCUT2D eigenvalue weighted by molar-refractivity contribution is 7.86. The van der Waals surface area contributed by atoms with Gasteiger partial charge in [-0.1, -0.05) is 0 Å². The summed E-state index contributed by atoms with van der Waals surface area (Å²) in [7, 11) is -1.52. The zero-order chi connectivity index (χ0) is 8.20. The molecule has 0 fully saturated rings. The predicted octanol–water partition coefficient (Wildman–Crippen LogP) is -0.0639. The van der Waals surface area contributed by atoms with Crippen LogP contribution in [0.3, 0.4) is 0 Å². The zero-order valence-corrected chi connectivity index (χ0v) is 6.63. The summed E-state index contributed by atoms with van der Waals surface area (Å²) >= 11 is 0. The average Bonchev–Trinajstić information content (AvgIpc) is 1.87. The number of carbonyl (C=O) groups excluding carboxylic acids is 1. The molecule has 0 heterocycles. The quantitative estimate of drug-likeness (QED) is 0.469. The van der Waals surface area contributed by atoms with Crippen molar-refractivity contribution in [3.05, 3.63) is 0 Å². The van der Waals surface area contributed by atoms with Crippen molar-refractivity contribution in [1.82, 2.24) is 0 Å². The Hall–Kier alpha value is -0.315. The van der Waals surface area contributed by atoms with Crippen LogP contribution in [-0.2, 0) is 13.8 Å².